The number of amides is 2. The minimum absolute atomic E-state index is 0.122. The lowest BCUT2D eigenvalue weighted by Crippen LogP contribution is -2.59. The van der Waals surface area contributed by atoms with Gasteiger partial charge in [-0.15, -0.1) is 0 Å². The number of hydrogen-bond donors (Lipinski definition) is 0. The third kappa shape index (κ3) is 6.56. The van der Waals surface area contributed by atoms with Crippen molar-refractivity contribution in [3.05, 3.63) is 93.2 Å². The highest BCUT2D eigenvalue weighted by Crippen LogP contribution is 2.54. The van der Waals surface area contributed by atoms with Crippen molar-refractivity contribution < 1.29 is 13.7 Å². The number of carbonyl (C=O) groups is 1. The van der Waals surface area contributed by atoms with Crippen molar-refractivity contribution in [1.29, 1.82) is 0 Å². The summed E-state index contributed by atoms with van der Waals surface area (Å²) in [5.74, 6) is 1.10. The van der Waals surface area contributed by atoms with Gasteiger partial charge in [0.15, 0.2) is 0 Å². The number of likely N-dealkylation sites (tertiary alicyclic amines) is 1. The minimum atomic E-state index is -1.09. The van der Waals surface area contributed by atoms with Crippen LogP contribution in [0.2, 0.25) is 10.0 Å². The maximum Gasteiger partial charge on any atom is 0.326 e. The van der Waals surface area contributed by atoms with Gasteiger partial charge >= 0.3 is 6.03 Å². The van der Waals surface area contributed by atoms with Crippen molar-refractivity contribution in [3.63, 3.8) is 0 Å². The molecule has 0 radical (unpaired) electrons. The number of benzene rings is 2. The number of nitrogens with zero attached hydrogens (tertiary/aromatic N) is 5. The van der Waals surface area contributed by atoms with Crippen LogP contribution in [0.25, 0.3) is 0 Å². The summed E-state index contributed by atoms with van der Waals surface area (Å²) in [6.07, 6.45) is 4.90. The molecule has 47 heavy (non-hydrogen) atoms. The summed E-state index contributed by atoms with van der Waals surface area (Å²) in [6, 6.07) is 17.2. The molecule has 3 aromatic rings. The Hall–Kier alpha value is -2.98. The number of aromatic nitrogens is 1. The first-order valence-electron chi connectivity index (χ1n) is 16.0. The van der Waals surface area contributed by atoms with Crippen molar-refractivity contribution in [1.82, 2.24) is 19.1 Å². The Labute approximate surface area is 291 Å². The molecular weight excluding hydrogens is 653 g/mol. The summed E-state index contributed by atoms with van der Waals surface area (Å²) in [7, 11) is 0.788. The Kier molecular flexibility index (Phi) is 10.1. The largest absolute Gasteiger partial charge is 0.493 e. The molecule has 3 atom stereocenters. The van der Waals surface area contributed by atoms with E-state index in [1.54, 1.807) is 12.5 Å². The number of rotatable bonds is 7. The Morgan fingerprint density at radius 1 is 1.02 bits per heavy atom. The lowest BCUT2D eigenvalue weighted by Gasteiger charge is -2.47. The molecule has 1 saturated heterocycles. The van der Waals surface area contributed by atoms with Gasteiger partial charge in [-0.1, -0.05) is 68.2 Å². The van der Waals surface area contributed by atoms with E-state index in [0.29, 0.717) is 59.7 Å². The Morgan fingerprint density at radius 3 is 2.09 bits per heavy atom. The molecule has 0 N–H and O–H groups in total. The topological polar surface area (TPSA) is 78.3 Å². The van der Waals surface area contributed by atoms with Crippen LogP contribution in [0.1, 0.15) is 76.8 Å². The lowest BCUT2D eigenvalue weighted by molar-refractivity contribution is 0.0958. The molecule has 2 aliphatic heterocycles. The standard InChI is InChI=1S/C36H45Cl2N5O3S/c1-9-46-30-22-31(34(2,3)4)39-23-29(30)32-40-35(5,24-10-14-26(37)15-11-24)36(6,25-12-16-27(38)17-13-25)43(32)33(44)42-20-18-28(19-21-42)41(7)47(8)45/h10-17,22-23,28H,9,18-21H2,1-8H3/t35-,36+,47?/m0/s1. The Morgan fingerprint density at radius 2 is 1.57 bits per heavy atom. The van der Waals surface area contributed by atoms with Gasteiger partial charge in [-0.2, -0.15) is 0 Å². The van der Waals surface area contributed by atoms with Gasteiger partial charge in [-0.25, -0.2) is 13.3 Å². The first kappa shape index (κ1) is 35.3. The molecule has 2 aliphatic rings. The maximum atomic E-state index is 15.1. The number of ether oxygens (including phenoxy) is 1. The predicted octanol–water partition coefficient (Wildman–Crippen LogP) is 7.79. The lowest BCUT2D eigenvalue weighted by atomic mass is 9.71. The van der Waals surface area contributed by atoms with E-state index in [1.165, 1.54) is 0 Å². The van der Waals surface area contributed by atoms with Crippen LogP contribution in [0, 0.1) is 0 Å². The zero-order valence-electron chi connectivity index (χ0n) is 28.5. The number of carbonyl (C=O) groups excluding carboxylic acids is 1. The minimum Gasteiger partial charge on any atom is -0.493 e. The fourth-order valence-electron chi connectivity index (χ4n) is 6.63. The highest BCUT2D eigenvalue weighted by molar-refractivity contribution is 7.81. The van der Waals surface area contributed by atoms with Crippen LogP contribution in [0.5, 0.6) is 5.75 Å². The fraction of sp³-hybridized carbons (Fsp3) is 0.472. The number of piperidine rings is 1. The molecular formula is C36H45Cl2N5O3S. The Balaban J connectivity index is 1.73. The molecule has 1 aromatic heterocycles. The molecule has 1 unspecified atom stereocenters. The molecule has 8 nitrogen and oxygen atoms in total. The van der Waals surface area contributed by atoms with Crippen LogP contribution in [0.4, 0.5) is 4.79 Å². The number of halogens is 2. The van der Waals surface area contributed by atoms with Crippen LogP contribution in [-0.2, 0) is 27.5 Å². The zero-order chi connectivity index (χ0) is 34.3. The first-order chi connectivity index (χ1) is 22.1. The van der Waals surface area contributed by atoms with Gasteiger partial charge in [0.1, 0.15) is 22.7 Å². The van der Waals surface area contributed by atoms with Gasteiger partial charge in [0.25, 0.3) is 0 Å². The molecule has 0 saturated carbocycles. The SMILES string of the molecule is CCOc1cc(C(C)(C)C)ncc1C1=N[C@@](C)(c2ccc(Cl)cc2)[C@@](C)(c2ccc(Cl)cc2)N1C(=O)N1CCC(N(C)S(C)=O)CC1. The summed E-state index contributed by atoms with van der Waals surface area (Å²) in [4.78, 5) is 29.2. The number of urea groups is 1. The van der Waals surface area contributed by atoms with E-state index in [2.05, 4.69) is 34.6 Å². The number of amidine groups is 1. The van der Waals surface area contributed by atoms with E-state index in [-0.39, 0.29) is 17.5 Å². The van der Waals surface area contributed by atoms with Crippen LogP contribution < -0.4 is 4.74 Å². The van der Waals surface area contributed by atoms with Gasteiger partial charge < -0.3 is 9.64 Å². The molecule has 252 valence electrons. The maximum absolute atomic E-state index is 15.1. The van der Waals surface area contributed by atoms with E-state index in [1.807, 2.05) is 82.7 Å². The molecule has 0 bridgehead atoms. The zero-order valence-corrected chi connectivity index (χ0v) is 30.8. The molecule has 1 fully saturated rings. The predicted molar refractivity (Wildman–Crippen MR) is 192 cm³/mol. The smallest absolute Gasteiger partial charge is 0.326 e. The van der Waals surface area contributed by atoms with Gasteiger partial charge in [0.2, 0.25) is 0 Å². The Bertz CT molecular complexity index is 1670. The third-order valence-electron chi connectivity index (χ3n) is 9.77. The van der Waals surface area contributed by atoms with Gasteiger partial charge in [-0.05, 0) is 69.0 Å². The van der Waals surface area contributed by atoms with Gasteiger partial charge in [0.05, 0.1) is 23.2 Å². The normalized spacial score (nSPS) is 22.8. The summed E-state index contributed by atoms with van der Waals surface area (Å²) in [5.41, 5.74) is 1.11. The fourth-order valence-corrected chi connectivity index (χ4v) is 7.51. The summed E-state index contributed by atoms with van der Waals surface area (Å²) >= 11 is 12.8. The summed E-state index contributed by atoms with van der Waals surface area (Å²) < 4.78 is 20.4. The van der Waals surface area contributed by atoms with Gasteiger partial charge in [0, 0.05) is 65.9 Å². The van der Waals surface area contributed by atoms with Crippen molar-refractivity contribution in [2.45, 2.75) is 76.9 Å². The average Bonchev–Trinajstić information content (AvgIpc) is 3.28. The molecule has 2 amide bonds. The van der Waals surface area contributed by atoms with Crippen molar-refractivity contribution in [3.8, 4) is 5.75 Å². The number of pyridine rings is 1. The van der Waals surface area contributed by atoms with Crippen molar-refractivity contribution in [2.24, 2.45) is 4.99 Å². The van der Waals surface area contributed by atoms with E-state index in [4.69, 9.17) is 37.9 Å². The molecule has 5 rings (SSSR count). The van der Waals surface area contributed by atoms with E-state index in [0.717, 1.165) is 16.8 Å². The highest BCUT2D eigenvalue weighted by Gasteiger charge is 2.60. The van der Waals surface area contributed by atoms with Crippen LogP contribution in [-0.4, -0.2) is 74.2 Å². The van der Waals surface area contributed by atoms with Crippen LogP contribution in [0.3, 0.4) is 0 Å². The number of hydrogen-bond acceptors (Lipinski definition) is 5. The summed E-state index contributed by atoms with van der Waals surface area (Å²) in [6.45, 7) is 13.9. The third-order valence-corrected chi connectivity index (χ3v) is 11.4. The highest BCUT2D eigenvalue weighted by atomic mass is 35.5. The quantitative estimate of drug-likeness (QED) is 0.253. The second kappa shape index (κ2) is 13.5. The first-order valence-corrected chi connectivity index (χ1v) is 18.3. The van der Waals surface area contributed by atoms with Crippen molar-refractivity contribution >= 4 is 46.1 Å². The molecule has 2 aromatic carbocycles. The molecule has 0 spiro atoms. The van der Waals surface area contributed by atoms with Crippen molar-refractivity contribution in [2.75, 3.05) is 33.0 Å². The van der Waals surface area contributed by atoms with Gasteiger partial charge in [-0.3, -0.25) is 14.9 Å². The monoisotopic (exact) mass is 697 g/mol. The number of aliphatic imine (C=N–C) groups is 1. The van der Waals surface area contributed by atoms with Crippen LogP contribution >= 0.6 is 23.2 Å². The van der Waals surface area contributed by atoms with E-state index >= 15 is 4.79 Å². The summed E-state index contributed by atoms with van der Waals surface area (Å²) in [5, 5.41) is 1.21. The van der Waals surface area contributed by atoms with Crippen LogP contribution in [0.15, 0.2) is 65.8 Å². The average molecular weight is 699 g/mol. The van der Waals surface area contributed by atoms with E-state index in [9.17, 15) is 4.21 Å². The molecule has 0 aliphatic carbocycles. The molecule has 11 heteroatoms. The second-order valence-corrected chi connectivity index (χ2v) is 15.9. The van der Waals surface area contributed by atoms with E-state index < -0.39 is 22.1 Å². The molecule has 3 heterocycles. The second-order valence-electron chi connectivity index (χ2n) is 13.6.